The summed E-state index contributed by atoms with van der Waals surface area (Å²) >= 11 is 1.34. The van der Waals surface area contributed by atoms with E-state index in [0.29, 0.717) is 0 Å². The molecule has 0 aliphatic heterocycles. The third-order valence-electron chi connectivity index (χ3n) is 3.65. The van der Waals surface area contributed by atoms with Gasteiger partial charge in [-0.25, -0.2) is 0 Å². The summed E-state index contributed by atoms with van der Waals surface area (Å²) in [6.07, 6.45) is 3.41. The van der Waals surface area contributed by atoms with Gasteiger partial charge in [-0.1, -0.05) is 37.3 Å². The fraction of sp³-hybridized carbons (Fsp3) is 0.562. The van der Waals surface area contributed by atoms with Crippen molar-refractivity contribution in [1.29, 1.82) is 0 Å². The molecule has 0 aliphatic rings. The molecule has 2 rings (SSSR count). The molecule has 21 heavy (non-hydrogen) atoms. The molecule has 1 heterocycles. The molecular weight excluding hydrogens is 348 g/mol. The van der Waals surface area contributed by atoms with Crippen molar-refractivity contribution in [2.75, 3.05) is 19.6 Å². The van der Waals surface area contributed by atoms with Gasteiger partial charge in [0.2, 0.25) is 0 Å². The van der Waals surface area contributed by atoms with Gasteiger partial charge >= 0.3 is 4.87 Å². The smallest absolute Gasteiger partial charge is 0.305 e. The second-order valence-electron chi connectivity index (χ2n) is 5.35. The maximum atomic E-state index is 11.6. The highest BCUT2D eigenvalue weighted by Gasteiger charge is 2.09. The quantitative estimate of drug-likeness (QED) is 0.792. The van der Waals surface area contributed by atoms with E-state index in [1.807, 2.05) is 0 Å². The zero-order chi connectivity index (χ0) is 14.5. The maximum absolute atomic E-state index is 11.6. The van der Waals surface area contributed by atoms with Gasteiger partial charge in [-0.3, -0.25) is 4.79 Å². The summed E-state index contributed by atoms with van der Waals surface area (Å²) in [4.78, 5) is 17.1. The normalized spacial score (nSPS) is 11.0. The number of benzene rings is 1. The van der Waals surface area contributed by atoms with E-state index >= 15 is 0 Å². The van der Waals surface area contributed by atoms with Crippen LogP contribution in [0.25, 0.3) is 10.2 Å². The van der Waals surface area contributed by atoms with Gasteiger partial charge in [0.25, 0.3) is 0 Å². The minimum atomic E-state index is 0. The Balaban J connectivity index is 0.00000220. The van der Waals surface area contributed by atoms with Crippen LogP contribution in [0.15, 0.2) is 16.9 Å². The number of fused-ring (bicyclic) bond motifs is 1. The number of aromatic nitrogens is 1. The number of hydrogen-bond donors (Lipinski definition) is 1. The highest BCUT2D eigenvalue weighted by atomic mass is 79.9. The Morgan fingerprint density at radius 3 is 2.43 bits per heavy atom. The van der Waals surface area contributed by atoms with Crippen LogP contribution in [0.3, 0.4) is 0 Å². The second-order valence-corrected chi connectivity index (χ2v) is 6.34. The van der Waals surface area contributed by atoms with Crippen LogP contribution in [0.2, 0.25) is 0 Å². The van der Waals surface area contributed by atoms with Crippen molar-refractivity contribution in [2.24, 2.45) is 0 Å². The van der Waals surface area contributed by atoms with Gasteiger partial charge in [0.1, 0.15) is 0 Å². The Morgan fingerprint density at radius 1 is 1.14 bits per heavy atom. The van der Waals surface area contributed by atoms with Crippen molar-refractivity contribution in [3.05, 3.63) is 32.9 Å². The monoisotopic (exact) mass is 372 g/mol. The standard InChI is InChI=1S/C16H24N2OS.BrH/c1-4-9-18(10-5-2)11-8-13-7-6-12(3)14-15(13)20-16(19)17-14;/h6-7H,4-5,8-11H2,1-3H3,(H,17,19);1H. The lowest BCUT2D eigenvalue weighted by Crippen LogP contribution is -2.27. The summed E-state index contributed by atoms with van der Waals surface area (Å²) in [5, 5.41) is 0. The van der Waals surface area contributed by atoms with Crippen LogP contribution in [0, 0.1) is 6.92 Å². The van der Waals surface area contributed by atoms with Crippen molar-refractivity contribution in [3.63, 3.8) is 0 Å². The second kappa shape index (κ2) is 8.71. The number of hydrogen-bond acceptors (Lipinski definition) is 3. The highest BCUT2D eigenvalue weighted by molar-refractivity contribution is 8.93. The molecule has 1 aromatic heterocycles. The van der Waals surface area contributed by atoms with Crippen LogP contribution in [0.1, 0.15) is 37.8 Å². The summed E-state index contributed by atoms with van der Waals surface area (Å²) in [7, 11) is 0. The van der Waals surface area contributed by atoms with E-state index in [4.69, 9.17) is 0 Å². The summed E-state index contributed by atoms with van der Waals surface area (Å²) in [5.74, 6) is 0. The number of halogens is 1. The fourth-order valence-corrected chi connectivity index (χ4v) is 3.61. The molecule has 2 aromatic rings. The van der Waals surface area contributed by atoms with Gasteiger partial charge in [0.05, 0.1) is 10.2 Å². The first kappa shape index (κ1) is 18.4. The minimum Gasteiger partial charge on any atom is -0.312 e. The molecule has 0 radical (unpaired) electrons. The number of H-pyrrole nitrogens is 1. The Morgan fingerprint density at radius 2 is 1.81 bits per heavy atom. The van der Waals surface area contributed by atoms with Crippen molar-refractivity contribution >= 4 is 38.5 Å². The lowest BCUT2D eigenvalue weighted by atomic mass is 10.1. The van der Waals surface area contributed by atoms with Crippen LogP contribution in [0.5, 0.6) is 0 Å². The average Bonchev–Trinajstić information content (AvgIpc) is 2.81. The van der Waals surface area contributed by atoms with E-state index < -0.39 is 0 Å². The first-order chi connectivity index (χ1) is 9.65. The molecule has 5 heteroatoms. The fourth-order valence-electron chi connectivity index (χ4n) is 2.66. The van der Waals surface area contributed by atoms with Gasteiger partial charge < -0.3 is 9.88 Å². The zero-order valence-corrected chi connectivity index (χ0v) is 15.6. The Kier molecular flexibility index (Phi) is 7.63. The van der Waals surface area contributed by atoms with E-state index in [2.05, 4.69) is 42.8 Å². The van der Waals surface area contributed by atoms with Crippen molar-refractivity contribution < 1.29 is 0 Å². The summed E-state index contributed by atoms with van der Waals surface area (Å²) in [6, 6.07) is 4.29. The molecule has 0 saturated carbocycles. The van der Waals surface area contributed by atoms with Crippen molar-refractivity contribution in [3.8, 4) is 0 Å². The predicted molar refractivity (Wildman–Crippen MR) is 98.2 cm³/mol. The van der Waals surface area contributed by atoms with Gasteiger partial charge in [-0.15, -0.1) is 17.0 Å². The van der Waals surface area contributed by atoms with Gasteiger partial charge in [-0.2, -0.15) is 0 Å². The SMILES string of the molecule is Br.CCCN(CCC)CCc1ccc(C)c2[nH]c(=O)sc12. The van der Waals surface area contributed by atoms with E-state index in [1.165, 1.54) is 29.7 Å². The predicted octanol–water partition coefficient (Wildman–Crippen LogP) is 4.14. The lowest BCUT2D eigenvalue weighted by molar-refractivity contribution is 0.278. The molecule has 3 nitrogen and oxygen atoms in total. The maximum Gasteiger partial charge on any atom is 0.305 e. The number of aromatic amines is 1. The van der Waals surface area contributed by atoms with E-state index in [1.54, 1.807) is 0 Å². The molecule has 1 aromatic carbocycles. The van der Waals surface area contributed by atoms with Crippen LogP contribution < -0.4 is 4.87 Å². The first-order valence-corrected chi connectivity index (χ1v) is 8.31. The summed E-state index contributed by atoms with van der Waals surface area (Å²) < 4.78 is 1.14. The molecule has 0 fully saturated rings. The largest absolute Gasteiger partial charge is 0.312 e. The molecule has 118 valence electrons. The lowest BCUT2D eigenvalue weighted by Gasteiger charge is -2.21. The van der Waals surface area contributed by atoms with Crippen LogP contribution in [-0.4, -0.2) is 29.5 Å². The third kappa shape index (κ3) is 4.66. The van der Waals surface area contributed by atoms with Crippen molar-refractivity contribution in [2.45, 2.75) is 40.0 Å². The summed E-state index contributed by atoms with van der Waals surface area (Å²) in [6.45, 7) is 9.90. The van der Waals surface area contributed by atoms with Crippen LogP contribution in [0.4, 0.5) is 0 Å². The van der Waals surface area contributed by atoms with Crippen LogP contribution >= 0.6 is 28.3 Å². The molecule has 0 spiro atoms. The van der Waals surface area contributed by atoms with Crippen LogP contribution in [-0.2, 0) is 6.42 Å². The Bertz CT molecular complexity index is 614. The van der Waals surface area contributed by atoms with E-state index in [0.717, 1.165) is 41.8 Å². The number of aryl methyl sites for hydroxylation is 1. The number of rotatable bonds is 7. The molecule has 1 N–H and O–H groups in total. The highest BCUT2D eigenvalue weighted by Crippen LogP contribution is 2.23. The topological polar surface area (TPSA) is 36.1 Å². The van der Waals surface area contributed by atoms with Crippen molar-refractivity contribution in [1.82, 2.24) is 9.88 Å². The Labute approximate surface area is 141 Å². The molecule has 0 amide bonds. The Hall–Kier alpha value is -0.650. The minimum absolute atomic E-state index is 0. The van der Waals surface area contributed by atoms with Gasteiger partial charge in [0.15, 0.2) is 0 Å². The molecular formula is C16H25BrN2OS. The molecule has 0 atom stereocenters. The average molecular weight is 373 g/mol. The number of nitrogens with zero attached hydrogens (tertiary/aromatic N) is 1. The summed E-state index contributed by atoms with van der Waals surface area (Å²) in [5.41, 5.74) is 3.47. The third-order valence-corrected chi connectivity index (χ3v) is 4.60. The number of nitrogens with one attached hydrogen (secondary N) is 1. The molecule has 0 bridgehead atoms. The molecule has 0 saturated heterocycles. The molecule has 0 unspecified atom stereocenters. The van der Waals surface area contributed by atoms with E-state index in [-0.39, 0.29) is 21.9 Å². The van der Waals surface area contributed by atoms with Gasteiger partial charge in [-0.05, 0) is 50.4 Å². The number of thiazole rings is 1. The molecule has 0 aliphatic carbocycles. The van der Waals surface area contributed by atoms with E-state index in [9.17, 15) is 4.79 Å². The zero-order valence-electron chi connectivity index (χ0n) is 13.1. The van der Waals surface area contributed by atoms with Gasteiger partial charge in [0, 0.05) is 6.54 Å². The first-order valence-electron chi connectivity index (χ1n) is 7.49.